The van der Waals surface area contributed by atoms with E-state index in [1.54, 1.807) is 0 Å². The monoisotopic (exact) mass is 316 g/mol. The van der Waals surface area contributed by atoms with Crippen molar-refractivity contribution in [1.29, 1.82) is 0 Å². The first kappa shape index (κ1) is 15.3. The quantitative estimate of drug-likeness (QED) is 0.585. The first-order chi connectivity index (χ1) is 8.61. The molecule has 1 aromatic heterocycles. The van der Waals surface area contributed by atoms with Crippen molar-refractivity contribution in [2.75, 3.05) is 45.7 Å². The summed E-state index contributed by atoms with van der Waals surface area (Å²) in [7, 11) is 4.07. The van der Waals surface area contributed by atoms with Gasteiger partial charge >= 0.3 is 0 Å². The Kier molecular flexibility index (Phi) is 7.15. The Morgan fingerprint density at radius 2 is 2.11 bits per heavy atom. The van der Waals surface area contributed by atoms with Gasteiger partial charge in [-0.25, -0.2) is 9.97 Å². The lowest BCUT2D eigenvalue weighted by molar-refractivity contribution is 0.126. The van der Waals surface area contributed by atoms with Gasteiger partial charge in [0.2, 0.25) is 0 Å². The highest BCUT2D eigenvalue weighted by molar-refractivity contribution is 9.10. The fraction of sp³-hybridized carbons (Fsp3) is 0.667. The average Bonchev–Trinajstić information content (AvgIpc) is 2.32. The molecular formula is C12H21BrN4O. The molecule has 0 unspecified atom stereocenters. The predicted octanol–water partition coefficient (Wildman–Crippen LogP) is 1.79. The molecular weight excluding hydrogens is 296 g/mol. The predicted molar refractivity (Wildman–Crippen MR) is 77.0 cm³/mol. The Hall–Kier alpha value is -0.720. The van der Waals surface area contributed by atoms with E-state index in [-0.39, 0.29) is 0 Å². The van der Waals surface area contributed by atoms with Crippen LogP contribution in [0.15, 0.2) is 10.7 Å². The van der Waals surface area contributed by atoms with Gasteiger partial charge in [-0.2, -0.15) is 0 Å². The van der Waals surface area contributed by atoms with E-state index >= 15 is 0 Å². The molecule has 0 atom stereocenters. The Morgan fingerprint density at radius 1 is 1.33 bits per heavy atom. The van der Waals surface area contributed by atoms with Gasteiger partial charge in [0.05, 0.1) is 13.2 Å². The summed E-state index contributed by atoms with van der Waals surface area (Å²) in [4.78, 5) is 10.7. The van der Waals surface area contributed by atoms with E-state index in [1.807, 2.05) is 27.1 Å². The molecule has 0 fully saturated rings. The van der Waals surface area contributed by atoms with Crippen LogP contribution in [0.1, 0.15) is 12.7 Å². The number of hydrogen-bond acceptors (Lipinski definition) is 5. The third-order valence-corrected chi connectivity index (χ3v) is 2.70. The van der Waals surface area contributed by atoms with Gasteiger partial charge in [-0.1, -0.05) is 6.92 Å². The van der Waals surface area contributed by atoms with Crippen LogP contribution in [0.5, 0.6) is 0 Å². The topological polar surface area (TPSA) is 50.3 Å². The van der Waals surface area contributed by atoms with Gasteiger partial charge in [-0.05, 0) is 30.0 Å². The Morgan fingerprint density at radius 3 is 2.78 bits per heavy atom. The van der Waals surface area contributed by atoms with Gasteiger partial charge in [0, 0.05) is 25.6 Å². The second-order valence-electron chi connectivity index (χ2n) is 4.19. The molecule has 5 nitrogen and oxygen atoms in total. The van der Waals surface area contributed by atoms with E-state index in [9.17, 15) is 0 Å². The number of likely N-dealkylation sites (N-methyl/N-ethyl adjacent to an activating group) is 1. The second-order valence-corrected chi connectivity index (χ2v) is 5.00. The van der Waals surface area contributed by atoms with E-state index in [2.05, 4.69) is 36.1 Å². The maximum absolute atomic E-state index is 5.49. The van der Waals surface area contributed by atoms with Gasteiger partial charge < -0.3 is 15.0 Å². The summed E-state index contributed by atoms with van der Waals surface area (Å²) in [6.07, 6.45) is 0.827. The number of anilines is 1. The summed E-state index contributed by atoms with van der Waals surface area (Å²) in [5.74, 6) is 1.67. The van der Waals surface area contributed by atoms with Crippen molar-refractivity contribution in [1.82, 2.24) is 14.9 Å². The summed E-state index contributed by atoms with van der Waals surface area (Å²) in [5.41, 5.74) is 0. The minimum Gasteiger partial charge on any atom is -0.378 e. The molecule has 0 saturated heterocycles. The van der Waals surface area contributed by atoms with E-state index < -0.39 is 0 Å². The molecule has 0 aliphatic carbocycles. The van der Waals surface area contributed by atoms with Gasteiger partial charge in [-0.3, -0.25) is 0 Å². The second kappa shape index (κ2) is 8.39. The lowest BCUT2D eigenvalue weighted by Crippen LogP contribution is -2.20. The number of ether oxygens (including phenoxy) is 1. The van der Waals surface area contributed by atoms with Gasteiger partial charge in [0.15, 0.2) is 0 Å². The SMILES string of the molecule is CCc1nc(Br)cc(NCCOCCN(C)C)n1. The van der Waals surface area contributed by atoms with Crippen molar-refractivity contribution in [3.63, 3.8) is 0 Å². The smallest absolute Gasteiger partial charge is 0.131 e. The Bertz CT molecular complexity index is 360. The van der Waals surface area contributed by atoms with Crippen LogP contribution in [-0.2, 0) is 11.2 Å². The molecule has 1 aromatic rings. The molecule has 102 valence electrons. The van der Waals surface area contributed by atoms with Gasteiger partial charge in [-0.15, -0.1) is 0 Å². The lowest BCUT2D eigenvalue weighted by Gasteiger charge is -2.10. The average molecular weight is 317 g/mol. The zero-order chi connectivity index (χ0) is 13.4. The zero-order valence-electron chi connectivity index (χ0n) is 11.2. The maximum Gasteiger partial charge on any atom is 0.131 e. The minimum absolute atomic E-state index is 0.678. The molecule has 0 aromatic carbocycles. The lowest BCUT2D eigenvalue weighted by atomic mass is 10.4. The molecule has 6 heteroatoms. The summed E-state index contributed by atoms with van der Waals surface area (Å²) in [5, 5.41) is 3.23. The molecule has 0 radical (unpaired) electrons. The fourth-order valence-electron chi connectivity index (χ4n) is 1.31. The fourth-order valence-corrected chi connectivity index (χ4v) is 1.74. The number of halogens is 1. The van der Waals surface area contributed by atoms with Crippen molar-refractivity contribution in [2.45, 2.75) is 13.3 Å². The van der Waals surface area contributed by atoms with Crippen molar-refractivity contribution < 1.29 is 4.74 Å². The normalized spacial score (nSPS) is 10.9. The van der Waals surface area contributed by atoms with Crippen LogP contribution in [0.4, 0.5) is 5.82 Å². The third kappa shape index (κ3) is 6.28. The molecule has 1 heterocycles. The van der Waals surface area contributed by atoms with Crippen LogP contribution in [0.25, 0.3) is 0 Å². The molecule has 1 N–H and O–H groups in total. The van der Waals surface area contributed by atoms with E-state index in [4.69, 9.17) is 4.74 Å². The summed E-state index contributed by atoms with van der Waals surface area (Å²) >= 11 is 3.38. The minimum atomic E-state index is 0.678. The molecule has 0 bridgehead atoms. The maximum atomic E-state index is 5.49. The number of hydrogen-bond donors (Lipinski definition) is 1. The highest BCUT2D eigenvalue weighted by atomic mass is 79.9. The molecule has 0 spiro atoms. The highest BCUT2D eigenvalue weighted by Gasteiger charge is 2.00. The van der Waals surface area contributed by atoms with E-state index in [1.165, 1.54) is 0 Å². The first-order valence-electron chi connectivity index (χ1n) is 6.11. The van der Waals surface area contributed by atoms with Crippen LogP contribution in [0, 0.1) is 0 Å². The molecule has 0 amide bonds. The summed E-state index contributed by atoms with van der Waals surface area (Å²) in [6, 6.07) is 1.87. The van der Waals surface area contributed by atoms with Gasteiger partial charge in [0.25, 0.3) is 0 Å². The number of aryl methyl sites for hydroxylation is 1. The number of nitrogens with one attached hydrogen (secondary N) is 1. The largest absolute Gasteiger partial charge is 0.378 e. The van der Waals surface area contributed by atoms with Crippen LogP contribution < -0.4 is 5.32 Å². The van der Waals surface area contributed by atoms with Crippen LogP contribution >= 0.6 is 15.9 Å². The standard InChI is InChI=1S/C12H21BrN4O/c1-4-11-15-10(13)9-12(16-11)14-5-7-18-8-6-17(2)3/h9H,4-8H2,1-3H3,(H,14,15,16). The molecule has 0 saturated carbocycles. The van der Waals surface area contributed by atoms with Crippen molar-refractivity contribution >= 4 is 21.7 Å². The highest BCUT2D eigenvalue weighted by Crippen LogP contribution is 2.12. The van der Waals surface area contributed by atoms with Crippen molar-refractivity contribution in [2.24, 2.45) is 0 Å². The summed E-state index contributed by atoms with van der Waals surface area (Å²) in [6.45, 7) is 5.16. The van der Waals surface area contributed by atoms with Crippen LogP contribution in [0.2, 0.25) is 0 Å². The first-order valence-corrected chi connectivity index (χ1v) is 6.91. The van der Waals surface area contributed by atoms with Crippen LogP contribution in [-0.4, -0.2) is 55.3 Å². The van der Waals surface area contributed by atoms with Crippen LogP contribution in [0.3, 0.4) is 0 Å². The van der Waals surface area contributed by atoms with Gasteiger partial charge in [0.1, 0.15) is 16.2 Å². The van der Waals surface area contributed by atoms with E-state index in [0.29, 0.717) is 6.61 Å². The van der Waals surface area contributed by atoms with Crippen molar-refractivity contribution in [3.05, 3.63) is 16.5 Å². The molecule has 1 rings (SSSR count). The van der Waals surface area contributed by atoms with E-state index in [0.717, 1.165) is 42.4 Å². The molecule has 18 heavy (non-hydrogen) atoms. The van der Waals surface area contributed by atoms with Crippen molar-refractivity contribution in [3.8, 4) is 0 Å². The number of nitrogens with zero attached hydrogens (tertiary/aromatic N) is 3. The number of rotatable bonds is 8. The molecule has 0 aliphatic heterocycles. The molecule has 0 aliphatic rings. The Balaban J connectivity index is 2.24. The Labute approximate surface area is 117 Å². The summed E-state index contributed by atoms with van der Waals surface area (Å²) < 4.78 is 6.30. The zero-order valence-corrected chi connectivity index (χ0v) is 12.8. The number of aromatic nitrogens is 2. The third-order valence-electron chi connectivity index (χ3n) is 2.29.